The zero-order chi connectivity index (χ0) is 34.1. The molecule has 1 N–H and O–H groups in total. The maximum Gasteiger partial charge on any atom is 0.264 e. The standard InChI is InChI=1S/C38H44ClN3O4S/c1-6-29(5)40-38(44)36(24-30-12-8-7-9-13-30)41(25-32-14-10-11-15-35(32)39)37(43)26-42(33-20-18-31(19-21-33)27(2)3)47(45,46)34-22-16-28(4)17-23-34/h7-23,27,29,36H,6,24-26H2,1-5H3,(H,40,44)/t29-,36+/m1/s1. The number of nitrogens with zero attached hydrogens (tertiary/aromatic N) is 2. The van der Waals surface area contributed by atoms with E-state index in [0.717, 1.165) is 21.0 Å². The van der Waals surface area contributed by atoms with Gasteiger partial charge in [0.25, 0.3) is 10.0 Å². The molecule has 0 aliphatic carbocycles. The molecule has 2 amide bonds. The first-order valence-electron chi connectivity index (χ1n) is 16.0. The number of hydrogen-bond donors (Lipinski definition) is 1. The second-order valence-corrected chi connectivity index (χ2v) is 14.5. The molecule has 248 valence electrons. The maximum atomic E-state index is 14.6. The van der Waals surface area contributed by atoms with Crippen LogP contribution >= 0.6 is 11.6 Å². The lowest BCUT2D eigenvalue weighted by atomic mass is 10.0. The molecule has 2 atom stereocenters. The van der Waals surface area contributed by atoms with Crippen LogP contribution in [-0.2, 0) is 32.6 Å². The van der Waals surface area contributed by atoms with Gasteiger partial charge in [-0.25, -0.2) is 8.42 Å². The molecule has 0 saturated carbocycles. The van der Waals surface area contributed by atoms with Crippen molar-refractivity contribution in [1.29, 1.82) is 0 Å². The molecule has 0 heterocycles. The quantitative estimate of drug-likeness (QED) is 0.150. The van der Waals surface area contributed by atoms with E-state index in [2.05, 4.69) is 19.2 Å². The van der Waals surface area contributed by atoms with Gasteiger partial charge in [-0.3, -0.25) is 13.9 Å². The van der Waals surface area contributed by atoms with E-state index in [0.29, 0.717) is 22.7 Å². The van der Waals surface area contributed by atoms with Crippen molar-refractivity contribution in [2.75, 3.05) is 10.8 Å². The number of amides is 2. The molecule has 4 aromatic rings. The number of halogens is 1. The van der Waals surface area contributed by atoms with Crippen LogP contribution in [0.5, 0.6) is 0 Å². The summed E-state index contributed by atoms with van der Waals surface area (Å²) in [6.07, 6.45) is 0.935. The van der Waals surface area contributed by atoms with Crippen LogP contribution in [0.1, 0.15) is 62.3 Å². The lowest BCUT2D eigenvalue weighted by molar-refractivity contribution is -0.140. The fraction of sp³-hybridized carbons (Fsp3) is 0.316. The van der Waals surface area contributed by atoms with Gasteiger partial charge in [-0.1, -0.05) is 111 Å². The van der Waals surface area contributed by atoms with E-state index in [1.54, 1.807) is 54.6 Å². The molecule has 0 spiro atoms. The third kappa shape index (κ3) is 9.24. The summed E-state index contributed by atoms with van der Waals surface area (Å²) in [5, 5.41) is 3.50. The summed E-state index contributed by atoms with van der Waals surface area (Å²) >= 11 is 6.59. The first kappa shape index (κ1) is 35.7. The van der Waals surface area contributed by atoms with Gasteiger partial charge in [0.2, 0.25) is 11.8 Å². The Morgan fingerprint density at radius 1 is 0.830 bits per heavy atom. The highest BCUT2D eigenvalue weighted by Gasteiger charge is 2.35. The van der Waals surface area contributed by atoms with Crippen molar-refractivity contribution >= 4 is 39.1 Å². The molecule has 0 unspecified atom stereocenters. The second kappa shape index (κ2) is 16.1. The lowest BCUT2D eigenvalue weighted by Gasteiger charge is -2.34. The second-order valence-electron chi connectivity index (χ2n) is 12.2. The number of rotatable bonds is 14. The van der Waals surface area contributed by atoms with Crippen LogP contribution in [0, 0.1) is 6.92 Å². The van der Waals surface area contributed by atoms with Crippen LogP contribution in [0.3, 0.4) is 0 Å². The highest BCUT2D eigenvalue weighted by Crippen LogP contribution is 2.28. The minimum Gasteiger partial charge on any atom is -0.352 e. The predicted octanol–water partition coefficient (Wildman–Crippen LogP) is 7.52. The van der Waals surface area contributed by atoms with E-state index in [9.17, 15) is 18.0 Å². The van der Waals surface area contributed by atoms with Crippen molar-refractivity contribution in [1.82, 2.24) is 10.2 Å². The highest BCUT2D eigenvalue weighted by atomic mass is 35.5. The van der Waals surface area contributed by atoms with Crippen LogP contribution in [0.4, 0.5) is 5.69 Å². The number of sulfonamides is 1. The molecule has 0 bridgehead atoms. The fourth-order valence-electron chi connectivity index (χ4n) is 5.20. The van der Waals surface area contributed by atoms with Gasteiger partial charge in [-0.2, -0.15) is 0 Å². The van der Waals surface area contributed by atoms with Gasteiger partial charge in [-0.15, -0.1) is 0 Å². The Balaban J connectivity index is 1.82. The summed E-state index contributed by atoms with van der Waals surface area (Å²) in [5.74, 6) is -0.617. The molecule has 0 saturated heterocycles. The van der Waals surface area contributed by atoms with Gasteiger partial charge in [0.15, 0.2) is 0 Å². The zero-order valence-electron chi connectivity index (χ0n) is 27.7. The van der Waals surface area contributed by atoms with Gasteiger partial charge in [-0.05, 0) is 73.2 Å². The molecule has 0 aliphatic heterocycles. The van der Waals surface area contributed by atoms with Crippen molar-refractivity contribution in [3.8, 4) is 0 Å². The highest BCUT2D eigenvalue weighted by molar-refractivity contribution is 7.92. The Kier molecular flexibility index (Phi) is 12.2. The van der Waals surface area contributed by atoms with Gasteiger partial charge in [0.05, 0.1) is 10.6 Å². The van der Waals surface area contributed by atoms with Crippen LogP contribution in [0.25, 0.3) is 0 Å². The van der Waals surface area contributed by atoms with Crippen molar-refractivity contribution in [2.24, 2.45) is 0 Å². The average Bonchev–Trinajstić information content (AvgIpc) is 3.06. The summed E-state index contributed by atoms with van der Waals surface area (Å²) in [6, 6.07) is 29.3. The van der Waals surface area contributed by atoms with Gasteiger partial charge >= 0.3 is 0 Å². The van der Waals surface area contributed by atoms with Crippen LogP contribution in [0.15, 0.2) is 108 Å². The van der Waals surface area contributed by atoms with Crippen LogP contribution in [0.2, 0.25) is 5.02 Å². The molecule has 4 rings (SSSR count). The number of anilines is 1. The Bertz CT molecular complexity index is 1740. The summed E-state index contributed by atoms with van der Waals surface area (Å²) < 4.78 is 29.7. The Labute approximate surface area is 284 Å². The molecule has 0 aliphatic rings. The van der Waals surface area contributed by atoms with Crippen molar-refractivity contribution in [2.45, 2.75) is 76.9 Å². The fourth-order valence-corrected chi connectivity index (χ4v) is 6.81. The summed E-state index contributed by atoms with van der Waals surface area (Å²) in [4.78, 5) is 30.1. The summed E-state index contributed by atoms with van der Waals surface area (Å²) in [6.45, 7) is 9.37. The minimum atomic E-state index is -4.18. The molecule has 0 radical (unpaired) electrons. The monoisotopic (exact) mass is 673 g/mol. The normalized spacial score (nSPS) is 12.7. The molecular weight excluding hydrogens is 630 g/mol. The molecule has 0 aromatic heterocycles. The lowest BCUT2D eigenvalue weighted by Crippen LogP contribution is -2.54. The number of benzene rings is 4. The largest absolute Gasteiger partial charge is 0.352 e. The minimum absolute atomic E-state index is 0.00857. The molecular formula is C38H44ClN3O4S. The smallest absolute Gasteiger partial charge is 0.264 e. The van der Waals surface area contributed by atoms with E-state index in [4.69, 9.17) is 11.6 Å². The first-order valence-corrected chi connectivity index (χ1v) is 17.8. The molecule has 47 heavy (non-hydrogen) atoms. The Hall–Kier alpha value is -4.14. The third-order valence-corrected chi connectivity index (χ3v) is 10.5. The summed E-state index contributed by atoms with van der Waals surface area (Å²) in [7, 11) is -4.18. The van der Waals surface area contributed by atoms with E-state index in [1.807, 2.05) is 69.3 Å². The number of aryl methyl sites for hydroxylation is 1. The van der Waals surface area contributed by atoms with Gasteiger partial charge in [0, 0.05) is 24.0 Å². The Morgan fingerprint density at radius 3 is 2.04 bits per heavy atom. The topological polar surface area (TPSA) is 86.8 Å². The number of nitrogens with one attached hydrogen (secondary N) is 1. The van der Waals surface area contributed by atoms with Gasteiger partial charge in [0.1, 0.15) is 12.6 Å². The van der Waals surface area contributed by atoms with E-state index < -0.39 is 28.5 Å². The van der Waals surface area contributed by atoms with Crippen molar-refractivity contribution in [3.05, 3.63) is 130 Å². The number of carbonyl (C=O) groups excluding carboxylic acids is 2. The van der Waals surface area contributed by atoms with E-state index >= 15 is 0 Å². The number of hydrogen-bond acceptors (Lipinski definition) is 4. The molecule has 9 heteroatoms. The average molecular weight is 674 g/mol. The molecule has 0 fully saturated rings. The Morgan fingerprint density at radius 2 is 1.45 bits per heavy atom. The van der Waals surface area contributed by atoms with Crippen LogP contribution < -0.4 is 9.62 Å². The van der Waals surface area contributed by atoms with Crippen LogP contribution in [-0.4, -0.2) is 43.8 Å². The van der Waals surface area contributed by atoms with E-state index in [1.165, 1.54) is 4.90 Å². The zero-order valence-corrected chi connectivity index (χ0v) is 29.3. The van der Waals surface area contributed by atoms with E-state index in [-0.39, 0.29) is 35.7 Å². The first-order chi connectivity index (χ1) is 22.4. The summed E-state index contributed by atoms with van der Waals surface area (Å²) in [5.41, 5.74) is 3.81. The molecule has 4 aromatic carbocycles. The maximum absolute atomic E-state index is 14.6. The van der Waals surface area contributed by atoms with Gasteiger partial charge < -0.3 is 10.2 Å². The van der Waals surface area contributed by atoms with Crippen molar-refractivity contribution in [3.63, 3.8) is 0 Å². The SMILES string of the molecule is CC[C@@H](C)NC(=O)[C@H](Cc1ccccc1)N(Cc1ccccc1Cl)C(=O)CN(c1ccc(C(C)C)cc1)S(=O)(=O)c1ccc(C)cc1. The third-order valence-electron chi connectivity index (χ3n) is 8.31. The molecule has 7 nitrogen and oxygen atoms in total. The number of carbonyl (C=O) groups is 2. The predicted molar refractivity (Wildman–Crippen MR) is 190 cm³/mol. The van der Waals surface area contributed by atoms with Crippen molar-refractivity contribution < 1.29 is 18.0 Å².